The Morgan fingerprint density at radius 1 is 1.53 bits per heavy atom. The summed E-state index contributed by atoms with van der Waals surface area (Å²) in [7, 11) is 0. The van der Waals surface area contributed by atoms with Gasteiger partial charge in [0.05, 0.1) is 10.2 Å². The molecule has 2 rings (SSSR count). The second-order valence-electron chi connectivity index (χ2n) is 5.02. The lowest BCUT2D eigenvalue weighted by Crippen LogP contribution is -2.28. The Morgan fingerprint density at radius 3 is 2.88 bits per heavy atom. The third kappa shape index (κ3) is 3.16. The maximum atomic E-state index is 5.63. The van der Waals surface area contributed by atoms with E-state index >= 15 is 0 Å². The molecule has 2 heterocycles. The van der Waals surface area contributed by atoms with E-state index in [1.165, 1.54) is 19.5 Å². The number of halogens is 1. The van der Waals surface area contributed by atoms with Gasteiger partial charge in [0.15, 0.2) is 5.82 Å². The molecule has 0 bridgehead atoms. The highest BCUT2D eigenvalue weighted by atomic mass is 79.9. The Balaban J connectivity index is 1.96. The minimum absolute atomic E-state index is 0.462. The van der Waals surface area contributed by atoms with Crippen molar-refractivity contribution in [1.82, 2.24) is 15.1 Å². The van der Waals surface area contributed by atoms with Gasteiger partial charge in [0.1, 0.15) is 0 Å². The van der Waals surface area contributed by atoms with E-state index in [4.69, 9.17) is 5.73 Å². The molecule has 1 aromatic heterocycles. The van der Waals surface area contributed by atoms with Crippen LogP contribution in [-0.4, -0.2) is 34.2 Å². The van der Waals surface area contributed by atoms with Gasteiger partial charge in [0, 0.05) is 12.6 Å². The van der Waals surface area contributed by atoms with Gasteiger partial charge in [-0.3, -0.25) is 0 Å². The van der Waals surface area contributed by atoms with Crippen LogP contribution in [0.15, 0.2) is 10.5 Å². The highest BCUT2D eigenvalue weighted by Crippen LogP contribution is 2.23. The minimum atomic E-state index is 0.462. The maximum Gasteiger partial charge on any atom is 0.160 e. The summed E-state index contributed by atoms with van der Waals surface area (Å²) in [6.07, 6.45) is 2.25. The summed E-state index contributed by atoms with van der Waals surface area (Å²) in [4.78, 5) is 2.52. The van der Waals surface area contributed by atoms with E-state index in [9.17, 15) is 0 Å². The van der Waals surface area contributed by atoms with Crippen molar-refractivity contribution in [2.75, 3.05) is 18.8 Å². The second-order valence-corrected chi connectivity index (χ2v) is 5.87. The van der Waals surface area contributed by atoms with E-state index in [0.29, 0.717) is 17.8 Å². The van der Waals surface area contributed by atoms with E-state index < -0.39 is 0 Å². The Bertz CT molecular complexity index is 394. The molecule has 4 nitrogen and oxygen atoms in total. The number of likely N-dealkylation sites (tertiary alicyclic amines) is 1. The normalized spacial score (nSPS) is 21.3. The first-order valence-corrected chi connectivity index (χ1v) is 6.87. The standard InChI is InChI=1S/C12H19BrN4/c1-8(2)17-4-3-9(7-17)5-10-6-11(13)12(14)16-15-10/h6,8-9H,3-5,7H2,1-2H3,(H2,14,16). The van der Waals surface area contributed by atoms with Gasteiger partial charge in [-0.25, -0.2) is 0 Å². The fourth-order valence-corrected chi connectivity index (χ4v) is 2.65. The predicted molar refractivity (Wildman–Crippen MR) is 72.7 cm³/mol. The van der Waals surface area contributed by atoms with E-state index in [2.05, 4.69) is 44.9 Å². The molecule has 1 aliphatic heterocycles. The summed E-state index contributed by atoms with van der Waals surface area (Å²) in [6.45, 7) is 6.87. The molecule has 1 aliphatic rings. The van der Waals surface area contributed by atoms with Gasteiger partial charge in [-0.1, -0.05) is 0 Å². The zero-order chi connectivity index (χ0) is 12.4. The van der Waals surface area contributed by atoms with E-state index in [0.717, 1.165) is 16.6 Å². The molecule has 17 heavy (non-hydrogen) atoms. The number of rotatable bonds is 3. The number of nitrogen functional groups attached to an aromatic ring is 1. The van der Waals surface area contributed by atoms with Crippen LogP contribution in [0.3, 0.4) is 0 Å². The molecule has 1 fully saturated rings. The Kier molecular flexibility index (Phi) is 3.99. The summed E-state index contributed by atoms with van der Waals surface area (Å²) in [6, 6.07) is 2.63. The van der Waals surface area contributed by atoms with Gasteiger partial charge in [-0.05, 0) is 61.1 Å². The highest BCUT2D eigenvalue weighted by molar-refractivity contribution is 9.10. The molecule has 0 amide bonds. The summed E-state index contributed by atoms with van der Waals surface area (Å²) in [5, 5.41) is 8.09. The Labute approximate surface area is 111 Å². The van der Waals surface area contributed by atoms with Gasteiger partial charge in [-0.2, -0.15) is 5.10 Å². The molecule has 2 N–H and O–H groups in total. The number of anilines is 1. The van der Waals surface area contributed by atoms with Crippen LogP contribution in [0.2, 0.25) is 0 Å². The average Bonchev–Trinajstić information content (AvgIpc) is 2.72. The number of hydrogen-bond acceptors (Lipinski definition) is 4. The third-order valence-corrected chi connectivity index (χ3v) is 4.00. The fourth-order valence-electron chi connectivity index (χ4n) is 2.31. The smallest absolute Gasteiger partial charge is 0.160 e. The molecule has 1 atom stereocenters. The van der Waals surface area contributed by atoms with Gasteiger partial charge in [0.2, 0.25) is 0 Å². The first kappa shape index (κ1) is 12.8. The molecule has 1 unspecified atom stereocenters. The lowest BCUT2D eigenvalue weighted by atomic mass is 10.0. The SMILES string of the molecule is CC(C)N1CCC(Cc2cc(Br)c(N)nn2)C1. The summed E-state index contributed by atoms with van der Waals surface area (Å²) >= 11 is 3.39. The largest absolute Gasteiger partial charge is 0.381 e. The molecule has 94 valence electrons. The van der Waals surface area contributed by atoms with Crippen LogP contribution >= 0.6 is 15.9 Å². The molecule has 0 radical (unpaired) electrons. The van der Waals surface area contributed by atoms with Crippen LogP contribution in [0, 0.1) is 5.92 Å². The van der Waals surface area contributed by atoms with Gasteiger partial charge in [0.25, 0.3) is 0 Å². The lowest BCUT2D eigenvalue weighted by Gasteiger charge is -2.20. The zero-order valence-electron chi connectivity index (χ0n) is 10.4. The number of nitrogens with two attached hydrogens (primary N) is 1. The van der Waals surface area contributed by atoms with Crippen LogP contribution in [0.1, 0.15) is 26.0 Å². The monoisotopic (exact) mass is 298 g/mol. The molecule has 1 saturated heterocycles. The molecule has 1 aromatic rings. The van der Waals surface area contributed by atoms with Gasteiger partial charge in [-0.15, -0.1) is 5.10 Å². The van der Waals surface area contributed by atoms with Crippen LogP contribution in [0.25, 0.3) is 0 Å². The van der Waals surface area contributed by atoms with Gasteiger partial charge < -0.3 is 10.6 Å². The van der Waals surface area contributed by atoms with E-state index in [1.54, 1.807) is 0 Å². The van der Waals surface area contributed by atoms with Crippen molar-refractivity contribution in [3.63, 3.8) is 0 Å². The number of aromatic nitrogens is 2. The van der Waals surface area contributed by atoms with Crippen molar-refractivity contribution < 1.29 is 0 Å². The predicted octanol–water partition coefficient (Wildman–Crippen LogP) is 2.09. The fraction of sp³-hybridized carbons (Fsp3) is 0.667. The van der Waals surface area contributed by atoms with Crippen molar-refractivity contribution in [2.24, 2.45) is 5.92 Å². The van der Waals surface area contributed by atoms with Crippen molar-refractivity contribution in [3.8, 4) is 0 Å². The summed E-state index contributed by atoms with van der Waals surface area (Å²) < 4.78 is 0.848. The average molecular weight is 299 g/mol. The molecular formula is C12H19BrN4. The van der Waals surface area contributed by atoms with Crippen molar-refractivity contribution in [3.05, 3.63) is 16.2 Å². The molecule has 0 aliphatic carbocycles. The van der Waals surface area contributed by atoms with E-state index in [-0.39, 0.29) is 0 Å². The van der Waals surface area contributed by atoms with Crippen LogP contribution in [0.4, 0.5) is 5.82 Å². The first-order valence-electron chi connectivity index (χ1n) is 6.08. The van der Waals surface area contributed by atoms with Crippen molar-refractivity contribution in [2.45, 2.75) is 32.7 Å². The molecule has 0 spiro atoms. The van der Waals surface area contributed by atoms with Crippen molar-refractivity contribution >= 4 is 21.7 Å². The molecular weight excluding hydrogens is 280 g/mol. The molecule has 0 aromatic carbocycles. The Morgan fingerprint density at radius 2 is 2.29 bits per heavy atom. The van der Waals surface area contributed by atoms with E-state index in [1.807, 2.05) is 6.07 Å². The maximum absolute atomic E-state index is 5.63. The highest BCUT2D eigenvalue weighted by Gasteiger charge is 2.24. The van der Waals surface area contributed by atoms with Crippen molar-refractivity contribution in [1.29, 1.82) is 0 Å². The first-order chi connectivity index (χ1) is 8.06. The molecule has 5 heteroatoms. The summed E-state index contributed by atoms with van der Waals surface area (Å²) in [5.74, 6) is 1.16. The quantitative estimate of drug-likeness (QED) is 0.928. The van der Waals surface area contributed by atoms with Gasteiger partial charge >= 0.3 is 0 Å². The van der Waals surface area contributed by atoms with Crippen LogP contribution in [0.5, 0.6) is 0 Å². The summed E-state index contributed by atoms with van der Waals surface area (Å²) in [5.41, 5.74) is 6.66. The Hall–Kier alpha value is -0.680. The number of nitrogens with zero attached hydrogens (tertiary/aromatic N) is 3. The van der Waals surface area contributed by atoms with Crippen LogP contribution < -0.4 is 5.73 Å². The lowest BCUT2D eigenvalue weighted by molar-refractivity contribution is 0.264. The molecule has 0 saturated carbocycles. The number of hydrogen-bond donors (Lipinski definition) is 1. The second kappa shape index (κ2) is 5.31. The zero-order valence-corrected chi connectivity index (χ0v) is 11.9. The van der Waals surface area contributed by atoms with Crippen LogP contribution in [-0.2, 0) is 6.42 Å². The topological polar surface area (TPSA) is 55.0 Å². The third-order valence-electron chi connectivity index (χ3n) is 3.37. The minimum Gasteiger partial charge on any atom is -0.381 e.